The summed E-state index contributed by atoms with van der Waals surface area (Å²) in [7, 11) is 0. The first-order valence-electron chi connectivity index (χ1n) is 3.94. The van der Waals surface area contributed by atoms with Crippen LogP contribution in [-0.2, 0) is 10.4 Å². The van der Waals surface area contributed by atoms with Gasteiger partial charge in [-0.3, -0.25) is 4.79 Å². The molecule has 0 aliphatic rings. The van der Waals surface area contributed by atoms with Crippen LogP contribution >= 0.6 is 11.6 Å². The highest BCUT2D eigenvalue weighted by atomic mass is 35.5. The third-order valence-corrected chi connectivity index (χ3v) is 2.31. The van der Waals surface area contributed by atoms with Gasteiger partial charge in [-0.2, -0.15) is 0 Å². The van der Waals surface area contributed by atoms with Gasteiger partial charge in [-0.25, -0.2) is 0 Å². The highest BCUT2D eigenvalue weighted by Crippen LogP contribution is 2.23. The number of hydrogen-bond acceptors (Lipinski definition) is 2. The second-order valence-electron chi connectivity index (χ2n) is 3.14. The standard InChI is InChI=1S/C10H11ClO2/c1-7(12)10(2,13)8-4-3-5-9(11)6-8/h3-6,13H,1-2H3. The van der Waals surface area contributed by atoms with Crippen LogP contribution in [0.15, 0.2) is 24.3 Å². The Bertz CT molecular complexity index is 331. The number of carbonyl (C=O) groups is 1. The van der Waals surface area contributed by atoms with Crippen molar-refractivity contribution in [2.24, 2.45) is 0 Å². The van der Waals surface area contributed by atoms with E-state index in [0.29, 0.717) is 10.6 Å². The number of Topliss-reactive ketones (excluding diaryl/α,β-unsaturated/α-hetero) is 1. The van der Waals surface area contributed by atoms with Crippen LogP contribution in [0.25, 0.3) is 0 Å². The molecule has 0 fully saturated rings. The molecular formula is C10H11ClO2. The molecular weight excluding hydrogens is 188 g/mol. The van der Waals surface area contributed by atoms with E-state index in [0.717, 1.165) is 0 Å². The second kappa shape index (κ2) is 3.48. The zero-order chi connectivity index (χ0) is 10.1. The molecule has 70 valence electrons. The molecule has 0 saturated carbocycles. The summed E-state index contributed by atoms with van der Waals surface area (Å²) in [5.41, 5.74) is -0.919. The molecule has 0 aromatic heterocycles. The minimum absolute atomic E-state index is 0.297. The molecule has 1 aromatic rings. The van der Waals surface area contributed by atoms with Crippen LogP contribution in [0.3, 0.4) is 0 Å². The Hall–Kier alpha value is -0.860. The van der Waals surface area contributed by atoms with Crippen molar-refractivity contribution in [3.63, 3.8) is 0 Å². The Balaban J connectivity index is 3.14. The van der Waals surface area contributed by atoms with E-state index >= 15 is 0 Å². The van der Waals surface area contributed by atoms with Crippen molar-refractivity contribution in [1.82, 2.24) is 0 Å². The van der Waals surface area contributed by atoms with Crippen LogP contribution in [-0.4, -0.2) is 10.9 Å². The van der Waals surface area contributed by atoms with Gasteiger partial charge in [-0.05, 0) is 31.5 Å². The van der Waals surface area contributed by atoms with Gasteiger partial charge < -0.3 is 5.11 Å². The maximum Gasteiger partial charge on any atom is 0.165 e. The maximum atomic E-state index is 11.1. The van der Waals surface area contributed by atoms with Crippen molar-refractivity contribution in [3.05, 3.63) is 34.9 Å². The van der Waals surface area contributed by atoms with Gasteiger partial charge in [-0.1, -0.05) is 23.7 Å². The second-order valence-corrected chi connectivity index (χ2v) is 3.58. The van der Waals surface area contributed by atoms with Crippen molar-refractivity contribution in [2.75, 3.05) is 0 Å². The lowest BCUT2D eigenvalue weighted by Gasteiger charge is -2.20. The molecule has 1 unspecified atom stereocenters. The van der Waals surface area contributed by atoms with E-state index in [1.165, 1.54) is 13.8 Å². The Labute approximate surface area is 82.2 Å². The van der Waals surface area contributed by atoms with Crippen molar-refractivity contribution in [3.8, 4) is 0 Å². The lowest BCUT2D eigenvalue weighted by atomic mass is 9.92. The van der Waals surface area contributed by atoms with Gasteiger partial charge in [0.1, 0.15) is 5.60 Å². The van der Waals surface area contributed by atoms with Crippen molar-refractivity contribution >= 4 is 17.4 Å². The summed E-state index contributed by atoms with van der Waals surface area (Å²) in [5, 5.41) is 10.3. The summed E-state index contributed by atoms with van der Waals surface area (Å²) in [4.78, 5) is 11.1. The molecule has 0 heterocycles. The molecule has 0 aliphatic carbocycles. The Kier molecular flexibility index (Phi) is 2.74. The van der Waals surface area contributed by atoms with Crippen molar-refractivity contribution in [2.45, 2.75) is 19.4 Å². The van der Waals surface area contributed by atoms with E-state index in [1.807, 2.05) is 0 Å². The average Bonchev–Trinajstić information content (AvgIpc) is 2.04. The molecule has 2 nitrogen and oxygen atoms in total. The molecule has 1 rings (SSSR count). The first-order valence-corrected chi connectivity index (χ1v) is 4.32. The van der Waals surface area contributed by atoms with Crippen LogP contribution in [0.5, 0.6) is 0 Å². The third kappa shape index (κ3) is 2.08. The van der Waals surface area contributed by atoms with Crippen molar-refractivity contribution in [1.29, 1.82) is 0 Å². The normalized spacial score (nSPS) is 15.1. The zero-order valence-electron chi connectivity index (χ0n) is 7.54. The van der Waals surface area contributed by atoms with E-state index in [4.69, 9.17) is 11.6 Å². The molecule has 0 bridgehead atoms. The summed E-state index contributed by atoms with van der Waals surface area (Å²) >= 11 is 5.73. The minimum Gasteiger partial charge on any atom is -0.378 e. The summed E-state index contributed by atoms with van der Waals surface area (Å²) in [6, 6.07) is 6.66. The van der Waals surface area contributed by atoms with Crippen LogP contribution < -0.4 is 0 Å². The smallest absolute Gasteiger partial charge is 0.165 e. The fourth-order valence-corrected chi connectivity index (χ4v) is 1.18. The number of carbonyl (C=O) groups excluding carboxylic acids is 1. The SMILES string of the molecule is CC(=O)C(C)(O)c1cccc(Cl)c1. The van der Waals surface area contributed by atoms with Crippen LogP contribution in [0.2, 0.25) is 5.02 Å². The molecule has 3 heteroatoms. The first kappa shape index (κ1) is 10.2. The summed E-state index contributed by atoms with van der Waals surface area (Å²) in [5.74, 6) is -0.297. The fourth-order valence-electron chi connectivity index (χ4n) is 0.995. The number of halogens is 1. The predicted octanol–water partition coefficient (Wildman–Crippen LogP) is 2.14. The lowest BCUT2D eigenvalue weighted by molar-refractivity contribution is -0.134. The molecule has 1 aromatic carbocycles. The third-order valence-electron chi connectivity index (χ3n) is 2.07. The Morgan fingerprint density at radius 1 is 1.54 bits per heavy atom. The molecule has 0 radical (unpaired) electrons. The molecule has 1 atom stereocenters. The number of ketones is 1. The topological polar surface area (TPSA) is 37.3 Å². The molecule has 0 saturated heterocycles. The van der Waals surface area contributed by atoms with Crippen LogP contribution in [0.4, 0.5) is 0 Å². The quantitative estimate of drug-likeness (QED) is 0.791. The van der Waals surface area contributed by atoms with Gasteiger partial charge in [0.2, 0.25) is 0 Å². The van der Waals surface area contributed by atoms with Gasteiger partial charge >= 0.3 is 0 Å². The van der Waals surface area contributed by atoms with Crippen LogP contribution in [0, 0.1) is 0 Å². The molecule has 0 aliphatic heterocycles. The first-order chi connectivity index (χ1) is 5.94. The average molecular weight is 199 g/mol. The molecule has 1 N–H and O–H groups in total. The van der Waals surface area contributed by atoms with E-state index in [2.05, 4.69) is 0 Å². The monoisotopic (exact) mass is 198 g/mol. The van der Waals surface area contributed by atoms with Crippen LogP contribution in [0.1, 0.15) is 19.4 Å². The van der Waals surface area contributed by atoms with E-state index in [1.54, 1.807) is 24.3 Å². The van der Waals surface area contributed by atoms with Gasteiger partial charge in [0.15, 0.2) is 5.78 Å². The molecule has 13 heavy (non-hydrogen) atoms. The Morgan fingerprint density at radius 2 is 2.15 bits per heavy atom. The lowest BCUT2D eigenvalue weighted by Crippen LogP contribution is -2.29. The van der Waals surface area contributed by atoms with E-state index < -0.39 is 5.60 Å². The van der Waals surface area contributed by atoms with Crippen molar-refractivity contribution < 1.29 is 9.90 Å². The summed E-state index contributed by atoms with van der Waals surface area (Å²) in [6.07, 6.45) is 0. The van der Waals surface area contributed by atoms with Gasteiger partial charge in [0, 0.05) is 5.02 Å². The van der Waals surface area contributed by atoms with Gasteiger partial charge in [0.05, 0.1) is 0 Å². The largest absolute Gasteiger partial charge is 0.378 e. The molecule has 0 amide bonds. The predicted molar refractivity (Wildman–Crippen MR) is 51.7 cm³/mol. The van der Waals surface area contributed by atoms with Gasteiger partial charge in [-0.15, -0.1) is 0 Å². The number of hydrogen-bond donors (Lipinski definition) is 1. The number of aliphatic hydroxyl groups is 1. The minimum atomic E-state index is -1.44. The zero-order valence-corrected chi connectivity index (χ0v) is 8.30. The highest BCUT2D eigenvalue weighted by molar-refractivity contribution is 6.30. The Morgan fingerprint density at radius 3 is 2.62 bits per heavy atom. The number of rotatable bonds is 2. The fraction of sp³-hybridized carbons (Fsp3) is 0.300. The van der Waals surface area contributed by atoms with Gasteiger partial charge in [0.25, 0.3) is 0 Å². The van der Waals surface area contributed by atoms with E-state index in [-0.39, 0.29) is 5.78 Å². The highest BCUT2D eigenvalue weighted by Gasteiger charge is 2.28. The summed E-state index contributed by atoms with van der Waals surface area (Å²) in [6.45, 7) is 2.81. The maximum absolute atomic E-state index is 11.1. The number of benzene rings is 1. The molecule has 0 spiro atoms. The summed E-state index contributed by atoms with van der Waals surface area (Å²) < 4.78 is 0. The van der Waals surface area contributed by atoms with E-state index in [9.17, 15) is 9.90 Å².